The lowest BCUT2D eigenvalue weighted by Crippen LogP contribution is -2.27. The van der Waals surface area contributed by atoms with Crippen molar-refractivity contribution in [1.82, 2.24) is 0 Å². The third-order valence-corrected chi connectivity index (χ3v) is 5.66. The van der Waals surface area contributed by atoms with Crippen molar-refractivity contribution in [2.75, 3.05) is 48.1 Å². The van der Waals surface area contributed by atoms with Gasteiger partial charge in [0.1, 0.15) is 6.61 Å². The summed E-state index contributed by atoms with van der Waals surface area (Å²) in [6.07, 6.45) is 1.09. The van der Waals surface area contributed by atoms with Crippen molar-refractivity contribution in [3.05, 3.63) is 53.6 Å². The van der Waals surface area contributed by atoms with Crippen LogP contribution in [0.5, 0.6) is 0 Å². The molecule has 10 heteroatoms. The molecular formula is C20H23N3O6S. The number of rotatable bonds is 7. The van der Waals surface area contributed by atoms with Crippen LogP contribution in [-0.4, -0.2) is 53.5 Å². The normalized spacial score (nSPS) is 12.9. The van der Waals surface area contributed by atoms with Gasteiger partial charge in [0.25, 0.3) is 5.91 Å². The van der Waals surface area contributed by atoms with Crippen LogP contribution >= 0.6 is 0 Å². The number of carbonyl (C=O) groups is 2. The Labute approximate surface area is 175 Å². The molecule has 2 N–H and O–H groups in total. The molecule has 1 heterocycles. The van der Waals surface area contributed by atoms with Crippen molar-refractivity contribution in [1.29, 1.82) is 0 Å². The minimum Gasteiger partial charge on any atom is -0.447 e. The molecule has 160 valence electrons. The summed E-state index contributed by atoms with van der Waals surface area (Å²) in [5.41, 5.74) is 2.79. The number of amides is 2. The Hall–Kier alpha value is -3.11. The number of nitrogens with zero attached hydrogens (tertiary/aromatic N) is 1. The van der Waals surface area contributed by atoms with Gasteiger partial charge in [-0.1, -0.05) is 6.07 Å². The Morgan fingerprint density at radius 2 is 1.80 bits per heavy atom. The second kappa shape index (κ2) is 9.14. The lowest BCUT2D eigenvalue weighted by atomic mass is 10.1. The van der Waals surface area contributed by atoms with E-state index < -0.39 is 16.1 Å². The third kappa shape index (κ3) is 5.28. The molecule has 2 aromatic rings. The average Bonchev–Trinajstić information content (AvgIpc) is 3.12. The summed E-state index contributed by atoms with van der Waals surface area (Å²) in [5, 5.41) is 5.35. The van der Waals surface area contributed by atoms with E-state index in [9.17, 15) is 18.0 Å². The summed E-state index contributed by atoms with van der Waals surface area (Å²) >= 11 is 0. The van der Waals surface area contributed by atoms with E-state index in [-0.39, 0.29) is 12.5 Å². The zero-order chi connectivity index (χ0) is 21.7. The molecule has 30 heavy (non-hydrogen) atoms. The monoisotopic (exact) mass is 433 g/mol. The lowest BCUT2D eigenvalue weighted by Gasteiger charge is -2.16. The van der Waals surface area contributed by atoms with Gasteiger partial charge in [-0.05, 0) is 48.4 Å². The number of sulfonamides is 1. The molecule has 0 aliphatic carbocycles. The zero-order valence-corrected chi connectivity index (χ0v) is 17.5. The maximum absolute atomic E-state index is 12.6. The Morgan fingerprint density at radius 3 is 2.50 bits per heavy atom. The number of hydrogen-bond acceptors (Lipinski definition) is 6. The highest BCUT2D eigenvalue weighted by Gasteiger charge is 2.26. The molecule has 0 fully saturated rings. The highest BCUT2D eigenvalue weighted by molar-refractivity contribution is 7.92. The number of methoxy groups -OCH3 is 1. The fourth-order valence-electron chi connectivity index (χ4n) is 3.11. The first kappa shape index (κ1) is 21.6. The van der Waals surface area contributed by atoms with E-state index in [2.05, 4.69) is 10.6 Å². The maximum Gasteiger partial charge on any atom is 0.411 e. The van der Waals surface area contributed by atoms with Gasteiger partial charge in [-0.3, -0.25) is 14.4 Å². The maximum atomic E-state index is 12.6. The van der Waals surface area contributed by atoms with Gasteiger partial charge in [-0.15, -0.1) is 0 Å². The fraction of sp³-hybridized carbons (Fsp3) is 0.300. The highest BCUT2D eigenvalue weighted by atomic mass is 32.2. The molecule has 0 unspecified atom stereocenters. The predicted octanol–water partition coefficient (Wildman–Crippen LogP) is 2.46. The first-order chi connectivity index (χ1) is 14.3. The zero-order valence-electron chi connectivity index (χ0n) is 16.7. The molecule has 0 saturated carbocycles. The average molecular weight is 433 g/mol. The van der Waals surface area contributed by atoms with E-state index in [1.54, 1.807) is 42.5 Å². The summed E-state index contributed by atoms with van der Waals surface area (Å²) in [4.78, 5) is 24.4. The highest BCUT2D eigenvalue weighted by Crippen LogP contribution is 2.31. The van der Waals surface area contributed by atoms with Gasteiger partial charge >= 0.3 is 6.09 Å². The van der Waals surface area contributed by atoms with Gasteiger partial charge < -0.3 is 14.8 Å². The van der Waals surface area contributed by atoms with Crippen molar-refractivity contribution in [2.45, 2.75) is 6.42 Å². The molecule has 0 bridgehead atoms. The van der Waals surface area contributed by atoms with Gasteiger partial charge in [0.15, 0.2) is 0 Å². The summed E-state index contributed by atoms with van der Waals surface area (Å²) in [7, 11) is -1.83. The second-order valence-corrected chi connectivity index (χ2v) is 8.62. The van der Waals surface area contributed by atoms with Crippen molar-refractivity contribution in [2.24, 2.45) is 0 Å². The minimum absolute atomic E-state index is 0.133. The molecule has 2 aromatic carbocycles. The number of carbonyl (C=O) groups excluding carboxylic acids is 2. The van der Waals surface area contributed by atoms with Crippen LogP contribution < -0.4 is 14.9 Å². The van der Waals surface area contributed by atoms with Gasteiger partial charge in [0.2, 0.25) is 10.0 Å². The molecule has 0 aromatic heterocycles. The van der Waals surface area contributed by atoms with Gasteiger partial charge in [0.05, 0.1) is 18.6 Å². The molecule has 0 atom stereocenters. The summed E-state index contributed by atoms with van der Waals surface area (Å²) in [6.45, 7) is 0.799. The van der Waals surface area contributed by atoms with Crippen molar-refractivity contribution in [3.8, 4) is 0 Å². The van der Waals surface area contributed by atoms with Gasteiger partial charge in [-0.2, -0.15) is 0 Å². The van der Waals surface area contributed by atoms with Crippen LogP contribution in [0.2, 0.25) is 0 Å². The SMILES string of the molecule is COCCOC(=O)Nc1cccc(NC(=O)c2ccc3c(c2)CCN3S(C)(=O)=O)c1. The van der Waals surface area contributed by atoms with Crippen LogP contribution in [0.3, 0.4) is 0 Å². The van der Waals surface area contributed by atoms with E-state index in [4.69, 9.17) is 9.47 Å². The van der Waals surface area contributed by atoms with Crippen LogP contribution in [0.15, 0.2) is 42.5 Å². The number of fused-ring (bicyclic) bond motifs is 1. The van der Waals surface area contributed by atoms with E-state index in [0.29, 0.717) is 42.2 Å². The molecule has 9 nitrogen and oxygen atoms in total. The van der Waals surface area contributed by atoms with Crippen molar-refractivity contribution in [3.63, 3.8) is 0 Å². The number of nitrogens with one attached hydrogen (secondary N) is 2. The fourth-order valence-corrected chi connectivity index (χ4v) is 4.07. The van der Waals surface area contributed by atoms with E-state index >= 15 is 0 Å². The van der Waals surface area contributed by atoms with Crippen LogP contribution in [0.1, 0.15) is 15.9 Å². The van der Waals surface area contributed by atoms with E-state index in [1.165, 1.54) is 11.4 Å². The van der Waals surface area contributed by atoms with Gasteiger partial charge in [0, 0.05) is 30.6 Å². The smallest absolute Gasteiger partial charge is 0.411 e. The first-order valence-electron chi connectivity index (χ1n) is 9.22. The molecule has 0 spiro atoms. The Morgan fingerprint density at radius 1 is 1.07 bits per heavy atom. The van der Waals surface area contributed by atoms with Crippen molar-refractivity contribution >= 4 is 39.1 Å². The number of benzene rings is 2. The molecular weight excluding hydrogens is 410 g/mol. The van der Waals surface area contributed by atoms with E-state index in [0.717, 1.165) is 11.8 Å². The molecule has 0 radical (unpaired) electrons. The molecule has 0 saturated heterocycles. The number of anilines is 3. The third-order valence-electron chi connectivity index (χ3n) is 4.48. The topological polar surface area (TPSA) is 114 Å². The van der Waals surface area contributed by atoms with Gasteiger partial charge in [-0.25, -0.2) is 13.2 Å². The van der Waals surface area contributed by atoms with Crippen LogP contribution in [0.4, 0.5) is 21.9 Å². The van der Waals surface area contributed by atoms with Crippen molar-refractivity contribution < 1.29 is 27.5 Å². The Kier molecular flexibility index (Phi) is 6.58. The Bertz CT molecular complexity index is 1050. The first-order valence-corrected chi connectivity index (χ1v) is 11.1. The molecule has 3 rings (SSSR count). The Balaban J connectivity index is 1.66. The summed E-state index contributed by atoms with van der Waals surface area (Å²) in [5.74, 6) is -0.338. The second-order valence-electron chi connectivity index (χ2n) is 6.72. The number of hydrogen-bond donors (Lipinski definition) is 2. The van der Waals surface area contributed by atoms with Crippen LogP contribution in [0, 0.1) is 0 Å². The molecule has 2 amide bonds. The molecule has 1 aliphatic rings. The number of ether oxygens (including phenoxy) is 2. The molecule has 1 aliphatic heterocycles. The minimum atomic E-state index is -3.34. The van der Waals surface area contributed by atoms with Crippen LogP contribution in [-0.2, 0) is 25.9 Å². The summed E-state index contributed by atoms with van der Waals surface area (Å²) < 4.78 is 34.8. The summed E-state index contributed by atoms with van der Waals surface area (Å²) in [6, 6.07) is 11.6. The quantitative estimate of drug-likeness (QED) is 0.649. The lowest BCUT2D eigenvalue weighted by molar-refractivity contribution is 0.102. The predicted molar refractivity (Wildman–Crippen MR) is 114 cm³/mol. The standard InChI is InChI=1S/C20H23N3O6S/c1-28-10-11-29-20(25)22-17-5-3-4-16(13-17)21-19(24)15-6-7-18-14(12-15)8-9-23(18)30(2,26)27/h3-7,12-13H,8-11H2,1-2H3,(H,21,24)(H,22,25). The van der Waals surface area contributed by atoms with E-state index in [1.807, 2.05) is 0 Å². The van der Waals surface area contributed by atoms with Crippen LogP contribution in [0.25, 0.3) is 0 Å². The largest absolute Gasteiger partial charge is 0.447 e.